The van der Waals surface area contributed by atoms with Gasteiger partial charge in [0.25, 0.3) is 0 Å². The van der Waals surface area contributed by atoms with E-state index < -0.39 is 5.97 Å². The lowest BCUT2D eigenvalue weighted by Gasteiger charge is -2.22. The zero-order chi connectivity index (χ0) is 17.4. The number of rotatable bonds is 4. The van der Waals surface area contributed by atoms with Crippen molar-refractivity contribution in [3.05, 3.63) is 62.6 Å². The predicted octanol–water partition coefficient (Wildman–Crippen LogP) is 3.66. The number of benzene rings is 2. The van der Waals surface area contributed by atoms with Gasteiger partial charge < -0.3 is 10.4 Å². The molecule has 122 valence electrons. The van der Waals surface area contributed by atoms with E-state index in [1.807, 2.05) is 0 Å². The van der Waals surface area contributed by atoms with Crippen LogP contribution in [0.15, 0.2) is 30.3 Å². The monoisotopic (exact) mass is 363 g/mol. The van der Waals surface area contributed by atoms with Crippen molar-refractivity contribution in [2.45, 2.75) is 6.42 Å². The number of nitrogens with one attached hydrogen (secondary N) is 1. The van der Waals surface area contributed by atoms with Crippen LogP contribution in [0.25, 0.3) is 0 Å². The summed E-state index contributed by atoms with van der Waals surface area (Å²) in [6.45, 7) is 0.0466. The van der Waals surface area contributed by atoms with Crippen molar-refractivity contribution >= 4 is 46.4 Å². The molecular formula is C17H11Cl2NO4. The normalized spacial score (nSPS) is 12.6. The van der Waals surface area contributed by atoms with Gasteiger partial charge >= 0.3 is 5.97 Å². The van der Waals surface area contributed by atoms with E-state index in [9.17, 15) is 14.4 Å². The molecule has 3 rings (SSSR count). The maximum atomic E-state index is 12.8. The van der Waals surface area contributed by atoms with Gasteiger partial charge in [0.15, 0.2) is 11.6 Å². The molecule has 0 unspecified atom stereocenters. The zero-order valence-corrected chi connectivity index (χ0v) is 13.7. The largest absolute Gasteiger partial charge is 0.481 e. The summed E-state index contributed by atoms with van der Waals surface area (Å²) in [5.41, 5.74) is 1.07. The summed E-state index contributed by atoms with van der Waals surface area (Å²) in [7, 11) is 0. The number of carboxylic acids is 1. The second-order valence-corrected chi connectivity index (χ2v) is 6.03. The lowest BCUT2D eigenvalue weighted by Crippen LogP contribution is -2.23. The molecule has 0 heterocycles. The van der Waals surface area contributed by atoms with E-state index in [0.29, 0.717) is 5.56 Å². The zero-order valence-electron chi connectivity index (χ0n) is 12.2. The number of halogens is 2. The highest BCUT2D eigenvalue weighted by Gasteiger charge is 2.33. The Morgan fingerprint density at radius 1 is 1.04 bits per heavy atom. The van der Waals surface area contributed by atoms with Crippen molar-refractivity contribution in [2.75, 3.05) is 11.9 Å². The fourth-order valence-corrected chi connectivity index (χ4v) is 3.08. The third kappa shape index (κ3) is 2.66. The molecule has 1 aliphatic rings. The molecule has 0 saturated heterocycles. The van der Waals surface area contributed by atoms with Gasteiger partial charge in [0.05, 0.1) is 27.7 Å². The first-order chi connectivity index (χ1) is 11.4. The Balaban J connectivity index is 2.15. The summed E-state index contributed by atoms with van der Waals surface area (Å²) in [5.74, 6) is -1.67. The Morgan fingerprint density at radius 3 is 2.29 bits per heavy atom. The summed E-state index contributed by atoms with van der Waals surface area (Å²) < 4.78 is 0. The SMILES string of the molecule is O=C(O)CCNc1c(Cl)c(Cl)cc2c1C(=O)c1ccccc1C2=O. The highest BCUT2D eigenvalue weighted by atomic mass is 35.5. The van der Waals surface area contributed by atoms with Crippen LogP contribution in [0.2, 0.25) is 10.0 Å². The minimum absolute atomic E-state index is 0.0466. The van der Waals surface area contributed by atoms with Crippen LogP contribution in [0.4, 0.5) is 5.69 Å². The van der Waals surface area contributed by atoms with Crippen molar-refractivity contribution in [1.82, 2.24) is 0 Å². The minimum atomic E-state index is -0.998. The number of carboxylic acid groups (broad SMARTS) is 1. The predicted molar refractivity (Wildman–Crippen MR) is 90.5 cm³/mol. The molecule has 7 heteroatoms. The van der Waals surface area contributed by atoms with E-state index in [1.54, 1.807) is 24.3 Å². The number of carbonyl (C=O) groups is 3. The van der Waals surface area contributed by atoms with Crippen LogP contribution >= 0.6 is 23.2 Å². The molecule has 0 spiro atoms. The second kappa shape index (κ2) is 6.26. The van der Waals surface area contributed by atoms with Gasteiger partial charge in [-0.05, 0) is 6.07 Å². The fourth-order valence-electron chi connectivity index (χ4n) is 2.66. The van der Waals surface area contributed by atoms with E-state index in [0.717, 1.165) is 0 Å². The van der Waals surface area contributed by atoms with E-state index >= 15 is 0 Å². The fraction of sp³-hybridized carbons (Fsp3) is 0.118. The first-order valence-electron chi connectivity index (χ1n) is 7.08. The second-order valence-electron chi connectivity index (χ2n) is 5.24. The van der Waals surface area contributed by atoms with Crippen molar-refractivity contribution in [2.24, 2.45) is 0 Å². The van der Waals surface area contributed by atoms with Gasteiger partial charge in [0.2, 0.25) is 0 Å². The summed E-state index contributed by atoms with van der Waals surface area (Å²) >= 11 is 12.3. The van der Waals surface area contributed by atoms with Crippen LogP contribution in [0.3, 0.4) is 0 Å². The molecule has 5 nitrogen and oxygen atoms in total. The number of carbonyl (C=O) groups excluding carboxylic acids is 2. The third-order valence-electron chi connectivity index (χ3n) is 3.75. The molecule has 2 aromatic rings. The first kappa shape index (κ1) is 16.5. The molecule has 0 radical (unpaired) electrons. The van der Waals surface area contributed by atoms with Gasteiger partial charge in [0.1, 0.15) is 0 Å². The van der Waals surface area contributed by atoms with Crippen molar-refractivity contribution in [3.8, 4) is 0 Å². The number of anilines is 1. The molecule has 0 fully saturated rings. The van der Waals surface area contributed by atoms with E-state index in [4.69, 9.17) is 28.3 Å². The lowest BCUT2D eigenvalue weighted by atomic mass is 9.83. The van der Waals surface area contributed by atoms with Crippen LogP contribution < -0.4 is 5.32 Å². The van der Waals surface area contributed by atoms with E-state index in [2.05, 4.69) is 5.32 Å². The van der Waals surface area contributed by atoms with Gasteiger partial charge in [-0.2, -0.15) is 0 Å². The number of fused-ring (bicyclic) bond motifs is 2. The van der Waals surface area contributed by atoms with Crippen LogP contribution in [0.1, 0.15) is 38.3 Å². The van der Waals surface area contributed by atoms with E-state index in [-0.39, 0.29) is 57.0 Å². The van der Waals surface area contributed by atoms with Gasteiger partial charge in [-0.3, -0.25) is 14.4 Å². The van der Waals surface area contributed by atoms with Crippen LogP contribution in [-0.4, -0.2) is 29.2 Å². The smallest absolute Gasteiger partial charge is 0.305 e. The highest BCUT2D eigenvalue weighted by Crippen LogP contribution is 2.40. The Morgan fingerprint density at radius 2 is 1.67 bits per heavy atom. The summed E-state index contributed by atoms with van der Waals surface area (Å²) in [6, 6.07) is 7.88. The van der Waals surface area contributed by atoms with E-state index in [1.165, 1.54) is 6.07 Å². The number of aliphatic carboxylic acids is 1. The molecule has 24 heavy (non-hydrogen) atoms. The Kier molecular flexibility index (Phi) is 4.30. The Bertz CT molecular complexity index is 892. The molecule has 0 bridgehead atoms. The average molecular weight is 364 g/mol. The molecular weight excluding hydrogens is 353 g/mol. The van der Waals surface area contributed by atoms with Crippen molar-refractivity contribution in [3.63, 3.8) is 0 Å². The van der Waals surface area contributed by atoms with Crippen molar-refractivity contribution in [1.29, 1.82) is 0 Å². The number of hydrogen-bond donors (Lipinski definition) is 2. The summed E-state index contributed by atoms with van der Waals surface area (Å²) in [6.07, 6.45) is -0.170. The van der Waals surface area contributed by atoms with Crippen molar-refractivity contribution < 1.29 is 19.5 Å². The maximum absolute atomic E-state index is 12.8. The summed E-state index contributed by atoms with van der Waals surface area (Å²) in [5, 5.41) is 11.8. The highest BCUT2D eigenvalue weighted by molar-refractivity contribution is 6.46. The Labute approximate surface area is 147 Å². The van der Waals surface area contributed by atoms with Gasteiger partial charge in [-0.25, -0.2) is 0 Å². The topological polar surface area (TPSA) is 83.5 Å². The minimum Gasteiger partial charge on any atom is -0.481 e. The van der Waals surface area contributed by atoms with Gasteiger partial charge in [0, 0.05) is 23.2 Å². The standard InChI is InChI=1S/C17H11Cl2NO4/c18-11-7-10-13(15(14(11)19)20-6-5-12(21)22)17(24)9-4-2-1-3-8(9)16(10)23/h1-4,7,20H,5-6H2,(H,21,22). The first-order valence-corrected chi connectivity index (χ1v) is 7.83. The Hall–Kier alpha value is -2.37. The molecule has 0 amide bonds. The molecule has 0 saturated carbocycles. The van der Waals surface area contributed by atoms with Crippen LogP contribution in [-0.2, 0) is 4.79 Å². The quantitative estimate of drug-likeness (QED) is 0.738. The molecule has 0 atom stereocenters. The number of hydrogen-bond acceptors (Lipinski definition) is 4. The molecule has 0 aromatic heterocycles. The maximum Gasteiger partial charge on any atom is 0.305 e. The van der Waals surface area contributed by atoms with Crippen LogP contribution in [0, 0.1) is 0 Å². The molecule has 1 aliphatic carbocycles. The number of ketones is 2. The average Bonchev–Trinajstić information content (AvgIpc) is 2.56. The molecule has 2 aromatic carbocycles. The van der Waals surface area contributed by atoms with Crippen LogP contribution in [0.5, 0.6) is 0 Å². The van der Waals surface area contributed by atoms with Gasteiger partial charge in [-0.1, -0.05) is 47.5 Å². The lowest BCUT2D eigenvalue weighted by molar-refractivity contribution is -0.136. The molecule has 2 N–H and O–H groups in total. The summed E-state index contributed by atoms with van der Waals surface area (Å²) in [4.78, 5) is 36.2. The third-order valence-corrected chi connectivity index (χ3v) is 4.54. The molecule has 0 aliphatic heterocycles. The van der Waals surface area contributed by atoms with Gasteiger partial charge in [-0.15, -0.1) is 0 Å².